The van der Waals surface area contributed by atoms with Gasteiger partial charge in [-0.2, -0.15) is 5.26 Å². The molecule has 0 aliphatic heterocycles. The third kappa shape index (κ3) is 9.27. The molecule has 28 heavy (non-hydrogen) atoms. The van der Waals surface area contributed by atoms with Crippen LogP contribution in [-0.4, -0.2) is 0 Å². The van der Waals surface area contributed by atoms with Crippen molar-refractivity contribution >= 4 is 0 Å². The lowest BCUT2D eigenvalue weighted by molar-refractivity contribution is 0.352. The second kappa shape index (κ2) is 15.6. The van der Waals surface area contributed by atoms with E-state index in [0.717, 1.165) is 6.42 Å². The lowest BCUT2D eigenvalue weighted by Gasteiger charge is -2.31. The summed E-state index contributed by atoms with van der Waals surface area (Å²) in [5.41, 5.74) is 0.875. The van der Waals surface area contributed by atoms with E-state index in [1.54, 1.807) is 0 Å². The van der Waals surface area contributed by atoms with Crippen molar-refractivity contribution in [2.24, 2.45) is 5.92 Å². The van der Waals surface area contributed by atoms with Crippen molar-refractivity contribution in [1.29, 1.82) is 5.26 Å². The minimum Gasteiger partial charge on any atom is -0.197 e. The molecule has 0 aliphatic rings. The number of hydrogen-bond donors (Lipinski definition) is 0. The number of rotatable bonds is 17. The first kappa shape index (κ1) is 24.7. The molecule has 0 radical (unpaired) electrons. The van der Waals surface area contributed by atoms with Gasteiger partial charge in [-0.3, -0.25) is 0 Å². The van der Waals surface area contributed by atoms with E-state index in [1.165, 1.54) is 95.5 Å². The fourth-order valence-electron chi connectivity index (χ4n) is 4.35. The van der Waals surface area contributed by atoms with Crippen LogP contribution in [0.2, 0.25) is 0 Å². The van der Waals surface area contributed by atoms with Crippen molar-refractivity contribution in [3.8, 4) is 6.07 Å². The van der Waals surface area contributed by atoms with E-state index < -0.39 is 0 Å². The Hall–Kier alpha value is -1.29. The van der Waals surface area contributed by atoms with Gasteiger partial charge in [0, 0.05) is 0 Å². The Morgan fingerprint density at radius 3 is 1.54 bits per heavy atom. The second-order valence-electron chi connectivity index (χ2n) is 8.95. The molecule has 1 aromatic carbocycles. The predicted molar refractivity (Wildman–Crippen MR) is 124 cm³/mol. The van der Waals surface area contributed by atoms with Gasteiger partial charge in [-0.05, 0) is 17.9 Å². The third-order valence-electron chi connectivity index (χ3n) is 6.40. The number of unbranched alkanes of at least 4 members (excludes halogenated alkanes) is 13. The van der Waals surface area contributed by atoms with Gasteiger partial charge in [-0.25, -0.2) is 0 Å². The molecule has 0 fully saturated rings. The predicted octanol–water partition coefficient (Wildman–Crippen LogP) is 8.98. The molecule has 1 nitrogen and oxygen atoms in total. The molecule has 0 saturated heterocycles. The van der Waals surface area contributed by atoms with Crippen LogP contribution in [0.3, 0.4) is 0 Å². The summed E-state index contributed by atoms with van der Waals surface area (Å²) in [6.45, 7) is 6.67. The van der Waals surface area contributed by atoms with Crippen LogP contribution < -0.4 is 0 Å². The molecule has 1 unspecified atom stereocenters. The summed E-state index contributed by atoms with van der Waals surface area (Å²) in [7, 11) is 0. The number of hydrogen-bond acceptors (Lipinski definition) is 1. The zero-order valence-corrected chi connectivity index (χ0v) is 19.0. The first-order valence-electron chi connectivity index (χ1n) is 12.1. The van der Waals surface area contributed by atoms with Crippen LogP contribution in [0.5, 0.6) is 0 Å². The number of benzene rings is 1. The van der Waals surface area contributed by atoms with Crippen LogP contribution in [-0.2, 0) is 5.41 Å². The summed E-state index contributed by atoms with van der Waals surface area (Å²) in [5.74, 6) is 0.349. The molecule has 0 heterocycles. The number of nitriles is 1. The lowest BCUT2D eigenvalue weighted by atomic mass is 9.69. The molecular weight excluding hydrogens is 338 g/mol. The molecule has 0 N–H and O–H groups in total. The van der Waals surface area contributed by atoms with Gasteiger partial charge in [-0.15, -0.1) is 0 Å². The van der Waals surface area contributed by atoms with Crippen molar-refractivity contribution in [1.82, 2.24) is 0 Å². The molecule has 0 saturated carbocycles. The Morgan fingerprint density at radius 2 is 1.14 bits per heavy atom. The monoisotopic (exact) mass is 383 g/mol. The minimum absolute atomic E-state index is 0.321. The van der Waals surface area contributed by atoms with Gasteiger partial charge < -0.3 is 0 Å². The second-order valence-corrected chi connectivity index (χ2v) is 8.95. The summed E-state index contributed by atoms with van der Waals surface area (Å²) in [5, 5.41) is 9.95. The highest BCUT2D eigenvalue weighted by molar-refractivity contribution is 5.33. The Morgan fingerprint density at radius 1 is 0.714 bits per heavy atom. The van der Waals surface area contributed by atoms with E-state index in [2.05, 4.69) is 51.1 Å². The van der Waals surface area contributed by atoms with Crippen molar-refractivity contribution in [3.63, 3.8) is 0 Å². The molecular formula is C27H45N. The molecule has 1 atom stereocenters. The van der Waals surface area contributed by atoms with E-state index in [9.17, 15) is 5.26 Å². The zero-order valence-electron chi connectivity index (χ0n) is 19.0. The highest BCUT2D eigenvalue weighted by atomic mass is 14.4. The Bertz CT molecular complexity index is 513. The lowest BCUT2D eigenvalue weighted by Crippen LogP contribution is -2.30. The van der Waals surface area contributed by atoms with Crippen molar-refractivity contribution in [2.75, 3.05) is 0 Å². The van der Waals surface area contributed by atoms with Gasteiger partial charge in [0.25, 0.3) is 0 Å². The van der Waals surface area contributed by atoms with E-state index in [1.807, 2.05) is 6.07 Å². The molecule has 1 heteroatoms. The molecule has 0 bridgehead atoms. The highest BCUT2D eigenvalue weighted by Crippen LogP contribution is 2.37. The summed E-state index contributed by atoms with van der Waals surface area (Å²) in [6.07, 6.45) is 20.3. The normalized spacial score (nSPS) is 13.4. The summed E-state index contributed by atoms with van der Waals surface area (Å²) in [4.78, 5) is 0. The largest absolute Gasteiger partial charge is 0.197 e. The molecule has 0 spiro atoms. The smallest absolute Gasteiger partial charge is 0.0845 e. The van der Waals surface area contributed by atoms with E-state index in [4.69, 9.17) is 0 Å². The summed E-state index contributed by atoms with van der Waals surface area (Å²) in [6, 6.07) is 13.1. The van der Waals surface area contributed by atoms with Gasteiger partial charge in [-0.1, -0.05) is 141 Å². The first-order valence-corrected chi connectivity index (χ1v) is 12.1. The molecule has 1 rings (SSSR count). The van der Waals surface area contributed by atoms with Crippen LogP contribution in [0.1, 0.15) is 123 Å². The topological polar surface area (TPSA) is 23.8 Å². The first-order chi connectivity index (χ1) is 13.7. The van der Waals surface area contributed by atoms with Crippen LogP contribution in [0.4, 0.5) is 0 Å². The average molecular weight is 384 g/mol. The van der Waals surface area contributed by atoms with Crippen molar-refractivity contribution in [2.45, 2.75) is 122 Å². The standard InChI is InChI=1S/C27H45N/c1-4-5-6-7-8-9-10-11-12-13-14-15-16-20-23-27(24-28,25(2)3)26-21-18-17-19-22-26/h17-19,21-22,25H,4-16,20,23H2,1-3H3. The quantitative estimate of drug-likeness (QED) is 0.246. The van der Waals surface area contributed by atoms with E-state index in [-0.39, 0.29) is 5.41 Å². The van der Waals surface area contributed by atoms with Crippen molar-refractivity contribution < 1.29 is 0 Å². The van der Waals surface area contributed by atoms with Crippen LogP contribution in [0.25, 0.3) is 0 Å². The Labute approximate surface area is 175 Å². The Kier molecular flexibility index (Phi) is 13.8. The van der Waals surface area contributed by atoms with E-state index >= 15 is 0 Å². The summed E-state index contributed by atoms with van der Waals surface area (Å²) < 4.78 is 0. The molecule has 0 amide bonds. The maximum Gasteiger partial charge on any atom is 0.0845 e. The van der Waals surface area contributed by atoms with Gasteiger partial charge in [0.1, 0.15) is 0 Å². The number of nitrogens with zero attached hydrogens (tertiary/aromatic N) is 1. The molecule has 1 aromatic rings. The highest BCUT2D eigenvalue weighted by Gasteiger charge is 2.35. The van der Waals surface area contributed by atoms with Crippen LogP contribution >= 0.6 is 0 Å². The van der Waals surface area contributed by atoms with Crippen LogP contribution in [0.15, 0.2) is 30.3 Å². The summed E-state index contributed by atoms with van der Waals surface area (Å²) >= 11 is 0. The molecule has 158 valence electrons. The minimum atomic E-state index is -0.321. The Balaban J connectivity index is 2.10. The zero-order chi connectivity index (χ0) is 20.5. The fourth-order valence-corrected chi connectivity index (χ4v) is 4.35. The molecule has 0 aliphatic carbocycles. The van der Waals surface area contributed by atoms with Gasteiger partial charge >= 0.3 is 0 Å². The van der Waals surface area contributed by atoms with Gasteiger partial charge in [0.2, 0.25) is 0 Å². The third-order valence-corrected chi connectivity index (χ3v) is 6.40. The van der Waals surface area contributed by atoms with Crippen LogP contribution in [0, 0.1) is 17.2 Å². The van der Waals surface area contributed by atoms with E-state index in [0.29, 0.717) is 5.92 Å². The maximum absolute atomic E-state index is 9.95. The fraction of sp³-hybridized carbons (Fsp3) is 0.741. The van der Waals surface area contributed by atoms with Crippen molar-refractivity contribution in [3.05, 3.63) is 35.9 Å². The maximum atomic E-state index is 9.95. The van der Waals surface area contributed by atoms with Gasteiger partial charge in [0.15, 0.2) is 0 Å². The average Bonchev–Trinajstić information content (AvgIpc) is 2.71. The molecule has 0 aromatic heterocycles. The SMILES string of the molecule is CCCCCCCCCCCCCCCCC(C#N)(c1ccccc1)C(C)C. The van der Waals surface area contributed by atoms with Gasteiger partial charge in [0.05, 0.1) is 11.5 Å².